The van der Waals surface area contributed by atoms with E-state index in [0.717, 1.165) is 11.1 Å². The van der Waals surface area contributed by atoms with Crippen LogP contribution in [-0.2, 0) is 27.7 Å². The lowest BCUT2D eigenvalue weighted by Crippen LogP contribution is -2.31. The van der Waals surface area contributed by atoms with Crippen LogP contribution in [0.15, 0.2) is 66.4 Å². The first-order chi connectivity index (χ1) is 11.8. The largest absolute Gasteiger partial charge is 0.297 e. The van der Waals surface area contributed by atoms with Gasteiger partial charge in [-0.3, -0.25) is 15.2 Å². The van der Waals surface area contributed by atoms with Crippen molar-refractivity contribution in [2.45, 2.75) is 19.4 Å². The van der Waals surface area contributed by atoms with Gasteiger partial charge in [0.2, 0.25) is 0 Å². The molecular weight excluding hydrogens is 311 g/mol. The molecular formula is C18H19FN2O3. The summed E-state index contributed by atoms with van der Waals surface area (Å²) in [6, 6.07) is 18.8. The highest BCUT2D eigenvalue weighted by Gasteiger charge is 2.14. The molecule has 6 heteroatoms. The van der Waals surface area contributed by atoms with Crippen molar-refractivity contribution >= 4 is 5.94 Å². The zero-order chi connectivity index (χ0) is 17.0. The summed E-state index contributed by atoms with van der Waals surface area (Å²) in [5.41, 5.74) is 6.32. The summed E-state index contributed by atoms with van der Waals surface area (Å²) in [6.07, 6.45) is -1.62. The van der Waals surface area contributed by atoms with Crippen molar-refractivity contribution in [3.63, 3.8) is 0 Å². The number of carbonyl (C=O) groups excluding carboxylic acids is 1. The van der Waals surface area contributed by atoms with Crippen molar-refractivity contribution in [1.82, 2.24) is 11.0 Å². The molecule has 0 bridgehead atoms. The molecule has 24 heavy (non-hydrogen) atoms. The Hall–Kier alpha value is -2.50. The number of rotatable bonds is 10. The lowest BCUT2D eigenvalue weighted by atomic mass is 10.2. The molecule has 2 N–H and O–H groups in total. The van der Waals surface area contributed by atoms with E-state index in [9.17, 15) is 9.18 Å². The second-order valence-corrected chi connectivity index (χ2v) is 4.98. The van der Waals surface area contributed by atoms with E-state index in [-0.39, 0.29) is 18.8 Å². The van der Waals surface area contributed by atoms with E-state index in [1.54, 1.807) is 0 Å². The lowest BCUT2D eigenvalue weighted by Gasteiger charge is -2.13. The van der Waals surface area contributed by atoms with Gasteiger partial charge in [0, 0.05) is 0 Å². The highest BCUT2D eigenvalue weighted by Crippen LogP contribution is 2.03. The second-order valence-electron chi connectivity index (χ2n) is 4.98. The summed E-state index contributed by atoms with van der Waals surface area (Å²) < 4.78 is 13.9. The molecule has 0 aliphatic rings. The molecule has 126 valence electrons. The first kappa shape index (κ1) is 17.8. The van der Waals surface area contributed by atoms with E-state index in [1.165, 1.54) is 5.94 Å². The van der Waals surface area contributed by atoms with Gasteiger partial charge in [-0.15, -0.1) is 0 Å². The molecule has 0 saturated heterocycles. The minimum Gasteiger partial charge on any atom is -0.297 e. The van der Waals surface area contributed by atoms with Crippen molar-refractivity contribution in [2.75, 3.05) is 6.54 Å². The van der Waals surface area contributed by atoms with Gasteiger partial charge in [-0.2, -0.15) is 5.48 Å². The van der Waals surface area contributed by atoms with Crippen molar-refractivity contribution in [1.29, 1.82) is 0 Å². The Morgan fingerprint density at radius 3 is 2.04 bits per heavy atom. The number of hydroxylamine groups is 2. The van der Waals surface area contributed by atoms with E-state index in [4.69, 9.17) is 9.68 Å². The van der Waals surface area contributed by atoms with Gasteiger partial charge in [0.25, 0.3) is 0 Å². The summed E-state index contributed by atoms with van der Waals surface area (Å²) in [5, 5.41) is 0. The second kappa shape index (κ2) is 10.3. The van der Waals surface area contributed by atoms with Crippen LogP contribution in [0.2, 0.25) is 0 Å². The molecule has 0 heterocycles. The first-order valence-electron chi connectivity index (χ1n) is 7.49. The van der Waals surface area contributed by atoms with E-state index in [1.807, 2.05) is 60.7 Å². The summed E-state index contributed by atoms with van der Waals surface area (Å²) in [5.74, 6) is 1.51. The zero-order valence-corrected chi connectivity index (χ0v) is 13.1. The predicted molar refractivity (Wildman–Crippen MR) is 87.7 cm³/mol. The molecule has 0 aliphatic carbocycles. The number of hydrogen-bond donors (Lipinski definition) is 2. The van der Waals surface area contributed by atoms with Crippen LogP contribution in [0.3, 0.4) is 0 Å². The van der Waals surface area contributed by atoms with Crippen LogP contribution in [0.5, 0.6) is 0 Å². The number of hydrogen-bond acceptors (Lipinski definition) is 5. The summed E-state index contributed by atoms with van der Waals surface area (Å²) >= 11 is 0. The Labute approximate surface area is 140 Å². The minimum atomic E-state index is -1.62. The molecule has 0 aromatic heterocycles. The van der Waals surface area contributed by atoms with Crippen LogP contribution >= 0.6 is 0 Å². The first-order valence-corrected chi connectivity index (χ1v) is 7.49. The van der Waals surface area contributed by atoms with Gasteiger partial charge in [0.15, 0.2) is 17.8 Å². The molecule has 2 rings (SSSR count). The Kier molecular flexibility index (Phi) is 7.67. The SMILES string of the molecule is O=C=C(NOCc1ccccc1)C(F)CNOCc1ccccc1. The maximum absolute atomic E-state index is 13.9. The average molecular weight is 330 g/mol. The van der Waals surface area contributed by atoms with Gasteiger partial charge < -0.3 is 0 Å². The predicted octanol–water partition coefficient (Wildman–Crippen LogP) is 2.48. The minimum absolute atomic E-state index is 0.195. The van der Waals surface area contributed by atoms with Crippen LogP contribution in [0, 0.1) is 0 Å². The van der Waals surface area contributed by atoms with Gasteiger partial charge >= 0.3 is 0 Å². The smallest absolute Gasteiger partial charge is 0.167 e. The Bertz CT molecular complexity index is 646. The third-order valence-electron chi connectivity index (χ3n) is 3.13. The van der Waals surface area contributed by atoms with Gasteiger partial charge in [0.1, 0.15) is 0 Å². The maximum Gasteiger partial charge on any atom is 0.167 e. The Balaban J connectivity index is 1.65. The quantitative estimate of drug-likeness (QED) is 0.398. The van der Waals surface area contributed by atoms with E-state index in [0.29, 0.717) is 6.61 Å². The fourth-order valence-corrected chi connectivity index (χ4v) is 1.86. The Morgan fingerprint density at radius 2 is 1.50 bits per heavy atom. The molecule has 0 amide bonds. The average Bonchev–Trinajstić information content (AvgIpc) is 2.64. The molecule has 2 aromatic carbocycles. The van der Waals surface area contributed by atoms with Crippen molar-refractivity contribution in [2.24, 2.45) is 0 Å². The summed E-state index contributed by atoms with van der Waals surface area (Å²) in [6.45, 7) is 0.307. The molecule has 0 fully saturated rings. The summed E-state index contributed by atoms with van der Waals surface area (Å²) in [7, 11) is 0. The van der Waals surface area contributed by atoms with Crippen molar-refractivity contribution < 1.29 is 18.9 Å². The lowest BCUT2D eigenvalue weighted by molar-refractivity contribution is 0.00889. The van der Waals surface area contributed by atoms with Gasteiger partial charge in [-0.25, -0.2) is 9.18 Å². The van der Waals surface area contributed by atoms with Crippen LogP contribution in [0.25, 0.3) is 0 Å². The standard InChI is InChI=1S/C18H19FN2O3/c19-17(11-20-23-13-15-7-3-1-4-8-15)18(12-22)21-24-14-16-9-5-2-6-10-16/h1-10,17,20-21H,11,13-14H2. The monoisotopic (exact) mass is 330 g/mol. The Morgan fingerprint density at radius 1 is 0.958 bits per heavy atom. The van der Waals surface area contributed by atoms with Gasteiger partial charge in [0.05, 0.1) is 19.8 Å². The molecule has 1 atom stereocenters. The van der Waals surface area contributed by atoms with Crippen LogP contribution in [0.1, 0.15) is 11.1 Å². The fourth-order valence-electron chi connectivity index (χ4n) is 1.86. The highest BCUT2D eigenvalue weighted by molar-refractivity contribution is 5.52. The van der Waals surface area contributed by atoms with Crippen LogP contribution < -0.4 is 11.0 Å². The van der Waals surface area contributed by atoms with E-state index in [2.05, 4.69) is 11.0 Å². The third-order valence-corrected chi connectivity index (χ3v) is 3.13. The number of benzene rings is 2. The number of halogens is 1. The zero-order valence-electron chi connectivity index (χ0n) is 13.1. The maximum atomic E-state index is 13.9. The molecule has 0 radical (unpaired) electrons. The van der Waals surface area contributed by atoms with Gasteiger partial charge in [-0.05, 0) is 11.1 Å². The van der Waals surface area contributed by atoms with Crippen molar-refractivity contribution in [3.8, 4) is 0 Å². The third kappa shape index (κ3) is 6.32. The molecule has 2 aromatic rings. The van der Waals surface area contributed by atoms with Crippen molar-refractivity contribution in [3.05, 3.63) is 77.5 Å². The normalized spacial score (nSPS) is 11.5. The van der Waals surface area contributed by atoms with Gasteiger partial charge in [-0.1, -0.05) is 60.7 Å². The highest BCUT2D eigenvalue weighted by atomic mass is 19.1. The molecule has 0 saturated carbocycles. The fraction of sp³-hybridized carbons (Fsp3) is 0.222. The number of alkyl halides is 1. The molecule has 1 unspecified atom stereocenters. The molecule has 0 spiro atoms. The van der Waals surface area contributed by atoms with E-state index >= 15 is 0 Å². The van der Waals surface area contributed by atoms with Crippen LogP contribution in [0.4, 0.5) is 4.39 Å². The summed E-state index contributed by atoms with van der Waals surface area (Å²) in [4.78, 5) is 21.1. The molecule has 5 nitrogen and oxygen atoms in total. The number of nitrogens with one attached hydrogen (secondary N) is 2. The molecule has 0 aliphatic heterocycles. The topological polar surface area (TPSA) is 59.6 Å². The van der Waals surface area contributed by atoms with E-state index < -0.39 is 6.17 Å². The van der Waals surface area contributed by atoms with Crippen LogP contribution in [-0.4, -0.2) is 18.7 Å².